The maximum Gasteiger partial charge on any atom is 0.170 e. The number of unbranched alkanes of at least 4 members (excludes halogenated alkanes) is 9. The van der Waals surface area contributed by atoms with Gasteiger partial charge in [0.05, 0.1) is 40.4 Å². The van der Waals surface area contributed by atoms with Gasteiger partial charge in [-0.15, -0.1) is 0 Å². The Labute approximate surface area is 160 Å². The highest BCUT2D eigenvalue weighted by molar-refractivity contribution is 7.47. The predicted octanol–water partition coefficient (Wildman–Crippen LogP) is 6.76. The fraction of sp³-hybridized carbons (Fsp3) is 1.00. The minimum Gasteiger partial charge on any atom is -0.334 e. The van der Waals surface area contributed by atoms with Gasteiger partial charge in [0.1, 0.15) is 0 Å². The zero-order valence-electron chi connectivity index (χ0n) is 18.0. The first-order chi connectivity index (χ1) is 12.1. The fourth-order valence-corrected chi connectivity index (χ4v) is 4.53. The van der Waals surface area contributed by atoms with Gasteiger partial charge in [-0.3, -0.25) is 0 Å². The number of quaternary nitrogens is 1. The molecule has 3 nitrogen and oxygen atoms in total. The average molecular weight is 377 g/mol. The summed E-state index contributed by atoms with van der Waals surface area (Å²) in [5.74, 6) is 0. The van der Waals surface area contributed by atoms with E-state index < -0.39 is 8.38 Å². The van der Waals surface area contributed by atoms with Gasteiger partial charge >= 0.3 is 0 Å². The van der Waals surface area contributed by atoms with E-state index in [0.717, 1.165) is 23.9 Å². The van der Waals surface area contributed by atoms with Crippen molar-refractivity contribution in [3.8, 4) is 0 Å². The van der Waals surface area contributed by atoms with E-state index in [0.29, 0.717) is 0 Å². The molecule has 0 aromatic rings. The van der Waals surface area contributed by atoms with Gasteiger partial charge in [-0.2, -0.15) is 0 Å². The number of hydrogen-bond acceptors (Lipinski definition) is 2. The molecule has 0 N–H and O–H groups in total. The van der Waals surface area contributed by atoms with Crippen molar-refractivity contribution >= 4 is 8.38 Å². The van der Waals surface area contributed by atoms with Gasteiger partial charge in [-0.1, -0.05) is 58.3 Å². The molecule has 0 aromatic heterocycles. The van der Waals surface area contributed by atoms with Crippen molar-refractivity contribution in [3.05, 3.63) is 0 Å². The largest absolute Gasteiger partial charge is 0.334 e. The van der Waals surface area contributed by atoms with Crippen LogP contribution in [0.4, 0.5) is 0 Å². The molecule has 0 amide bonds. The maximum absolute atomic E-state index is 5.70. The second-order valence-electron chi connectivity index (χ2n) is 7.81. The van der Waals surface area contributed by atoms with Gasteiger partial charge in [-0.05, 0) is 26.7 Å². The van der Waals surface area contributed by atoms with Crippen molar-refractivity contribution in [3.63, 3.8) is 0 Å². The molecule has 0 spiro atoms. The molecule has 0 heterocycles. The van der Waals surface area contributed by atoms with Gasteiger partial charge in [0.2, 0.25) is 0 Å². The Morgan fingerprint density at radius 1 is 0.600 bits per heavy atom. The van der Waals surface area contributed by atoms with Gasteiger partial charge in [-0.25, -0.2) is 0 Å². The van der Waals surface area contributed by atoms with E-state index in [-0.39, 0.29) is 0 Å². The Kier molecular flexibility index (Phi) is 17.9. The average Bonchev–Trinajstić information content (AvgIpc) is 2.57. The summed E-state index contributed by atoms with van der Waals surface area (Å²) >= 11 is 0. The summed E-state index contributed by atoms with van der Waals surface area (Å²) in [5.41, 5.74) is 0. The summed E-state index contributed by atoms with van der Waals surface area (Å²) in [6.45, 7) is 10.5. The van der Waals surface area contributed by atoms with E-state index >= 15 is 0 Å². The smallest absolute Gasteiger partial charge is 0.170 e. The van der Waals surface area contributed by atoms with Crippen LogP contribution >= 0.6 is 8.38 Å². The molecule has 0 atom stereocenters. The molecule has 0 aliphatic carbocycles. The van der Waals surface area contributed by atoms with Crippen molar-refractivity contribution in [2.24, 2.45) is 0 Å². The lowest BCUT2D eigenvalue weighted by Gasteiger charge is -2.30. The molecular weight excluding hydrogens is 329 g/mol. The van der Waals surface area contributed by atoms with Crippen LogP contribution in [0.3, 0.4) is 0 Å². The molecule has 4 heteroatoms. The van der Waals surface area contributed by atoms with E-state index in [1.54, 1.807) is 0 Å². The zero-order valence-corrected chi connectivity index (χ0v) is 18.9. The maximum atomic E-state index is 5.70. The standard InChI is InChI=1S/C21H47NO2P/c1-6-9-10-11-12-13-14-15-16-17-19-22(4,5)20-18-21-25(23-7-2)24-8-3/h6-21H2,1-5H3/q+1. The normalized spacial score (nSPS) is 12.2. The molecule has 0 rings (SSSR count). The molecule has 0 aromatic carbocycles. The van der Waals surface area contributed by atoms with Crippen LogP contribution in [-0.4, -0.2) is 51.0 Å². The van der Waals surface area contributed by atoms with E-state index in [9.17, 15) is 0 Å². The van der Waals surface area contributed by atoms with Crippen LogP contribution in [0.15, 0.2) is 0 Å². The van der Waals surface area contributed by atoms with Crippen molar-refractivity contribution in [1.29, 1.82) is 0 Å². The van der Waals surface area contributed by atoms with Crippen LogP contribution in [0.1, 0.15) is 91.4 Å². The lowest BCUT2D eigenvalue weighted by Crippen LogP contribution is -2.41. The first kappa shape index (κ1) is 25.3. The fourth-order valence-electron chi connectivity index (χ4n) is 3.22. The third kappa shape index (κ3) is 17.5. The molecule has 0 saturated carbocycles. The lowest BCUT2D eigenvalue weighted by atomic mass is 10.1. The molecule has 0 aliphatic rings. The highest BCUT2D eigenvalue weighted by Gasteiger charge is 2.16. The van der Waals surface area contributed by atoms with Crippen LogP contribution in [0.2, 0.25) is 0 Å². The summed E-state index contributed by atoms with van der Waals surface area (Å²) in [6.07, 6.45) is 16.5. The quantitative estimate of drug-likeness (QED) is 0.141. The third-order valence-electron chi connectivity index (χ3n) is 4.77. The predicted molar refractivity (Wildman–Crippen MR) is 113 cm³/mol. The minimum atomic E-state index is -0.653. The third-order valence-corrected chi connectivity index (χ3v) is 6.54. The monoisotopic (exact) mass is 376 g/mol. The molecule has 152 valence electrons. The Bertz CT molecular complexity index is 269. The number of nitrogens with zero attached hydrogens (tertiary/aromatic N) is 1. The van der Waals surface area contributed by atoms with Crippen LogP contribution in [0.25, 0.3) is 0 Å². The Morgan fingerprint density at radius 2 is 1.04 bits per heavy atom. The minimum absolute atomic E-state index is 0.653. The van der Waals surface area contributed by atoms with Crippen LogP contribution in [-0.2, 0) is 9.05 Å². The van der Waals surface area contributed by atoms with E-state index in [2.05, 4.69) is 34.9 Å². The van der Waals surface area contributed by atoms with Crippen LogP contribution < -0.4 is 0 Å². The topological polar surface area (TPSA) is 18.5 Å². The van der Waals surface area contributed by atoms with Crippen molar-refractivity contribution in [1.82, 2.24) is 0 Å². The summed E-state index contributed by atoms with van der Waals surface area (Å²) in [4.78, 5) is 0. The van der Waals surface area contributed by atoms with Crippen LogP contribution in [0, 0.1) is 0 Å². The van der Waals surface area contributed by atoms with Gasteiger partial charge in [0.15, 0.2) is 8.38 Å². The molecular formula is C21H47NO2P+. The number of rotatable bonds is 19. The molecule has 0 aliphatic heterocycles. The van der Waals surface area contributed by atoms with E-state index in [1.807, 2.05) is 0 Å². The molecule has 0 radical (unpaired) electrons. The SMILES string of the molecule is CCCCCCCCCCCC[N+](C)(C)CCCP(OCC)OCC. The lowest BCUT2D eigenvalue weighted by molar-refractivity contribution is -0.890. The molecule has 25 heavy (non-hydrogen) atoms. The summed E-state index contributed by atoms with van der Waals surface area (Å²) < 4.78 is 12.5. The summed E-state index contributed by atoms with van der Waals surface area (Å²) in [7, 11) is 4.09. The second-order valence-corrected chi connectivity index (χ2v) is 9.44. The molecule has 0 unspecified atom stereocenters. The van der Waals surface area contributed by atoms with Gasteiger partial charge < -0.3 is 13.5 Å². The first-order valence-corrected chi connectivity index (χ1v) is 12.3. The van der Waals surface area contributed by atoms with E-state index in [1.165, 1.54) is 83.7 Å². The summed E-state index contributed by atoms with van der Waals surface area (Å²) in [6, 6.07) is 0. The second kappa shape index (κ2) is 17.7. The zero-order chi connectivity index (χ0) is 18.8. The number of hydrogen-bond donors (Lipinski definition) is 0. The van der Waals surface area contributed by atoms with Crippen molar-refractivity contribution < 1.29 is 13.5 Å². The molecule has 0 fully saturated rings. The van der Waals surface area contributed by atoms with Gasteiger partial charge in [0.25, 0.3) is 0 Å². The van der Waals surface area contributed by atoms with Crippen LogP contribution in [0.5, 0.6) is 0 Å². The highest BCUT2D eigenvalue weighted by Crippen LogP contribution is 2.38. The first-order valence-electron chi connectivity index (χ1n) is 10.9. The Balaban J connectivity index is 3.56. The van der Waals surface area contributed by atoms with E-state index in [4.69, 9.17) is 9.05 Å². The molecule has 0 bridgehead atoms. The Morgan fingerprint density at radius 3 is 1.52 bits per heavy atom. The Hall–Kier alpha value is 0.310. The van der Waals surface area contributed by atoms with Gasteiger partial charge in [0, 0.05) is 12.6 Å². The molecule has 0 saturated heterocycles. The summed E-state index contributed by atoms with van der Waals surface area (Å²) in [5, 5.41) is 0. The van der Waals surface area contributed by atoms with Crippen molar-refractivity contribution in [2.45, 2.75) is 91.4 Å². The van der Waals surface area contributed by atoms with Crippen molar-refractivity contribution in [2.75, 3.05) is 46.6 Å². The highest BCUT2D eigenvalue weighted by atomic mass is 31.2.